The molecule has 2 rings (SSSR count). The summed E-state index contributed by atoms with van der Waals surface area (Å²) in [6.07, 6.45) is 0. The van der Waals surface area contributed by atoms with Gasteiger partial charge in [-0.05, 0) is 46.7 Å². The fraction of sp³-hybridized carbons (Fsp3) is 0.231. The number of halogens is 2. The highest BCUT2D eigenvalue weighted by Crippen LogP contribution is 2.37. The topological polar surface area (TPSA) is 21.3 Å². The van der Waals surface area contributed by atoms with Crippen molar-refractivity contribution >= 4 is 38.9 Å². The Kier molecular flexibility index (Phi) is 4.67. The van der Waals surface area contributed by atoms with Crippen molar-refractivity contribution in [3.8, 4) is 5.75 Å². The standard InChI is InChI=1S/C13H13BrClNOS/c1-16-12(11-7-10(14)13(15)18-11)8-3-5-9(17-2)6-4-8/h3-7,12,16H,1-2H3. The van der Waals surface area contributed by atoms with Crippen molar-refractivity contribution in [3.63, 3.8) is 0 Å². The van der Waals surface area contributed by atoms with Crippen LogP contribution in [0.2, 0.25) is 4.34 Å². The van der Waals surface area contributed by atoms with Crippen LogP contribution in [0, 0.1) is 0 Å². The second-order valence-electron chi connectivity index (χ2n) is 3.77. The summed E-state index contributed by atoms with van der Waals surface area (Å²) in [5.41, 5.74) is 1.18. The van der Waals surface area contributed by atoms with E-state index in [-0.39, 0.29) is 6.04 Å². The van der Waals surface area contributed by atoms with Crippen molar-refractivity contribution in [2.45, 2.75) is 6.04 Å². The van der Waals surface area contributed by atoms with E-state index in [1.807, 2.05) is 19.2 Å². The Morgan fingerprint density at radius 3 is 2.44 bits per heavy atom. The zero-order valence-electron chi connectivity index (χ0n) is 10.0. The summed E-state index contributed by atoms with van der Waals surface area (Å²) in [5.74, 6) is 0.860. The first-order valence-electron chi connectivity index (χ1n) is 5.41. The van der Waals surface area contributed by atoms with Crippen LogP contribution in [0.5, 0.6) is 5.75 Å². The van der Waals surface area contributed by atoms with Gasteiger partial charge in [-0.1, -0.05) is 23.7 Å². The SMILES string of the molecule is CNC(c1ccc(OC)cc1)c1cc(Br)c(Cl)s1. The average molecular weight is 347 g/mol. The molecule has 1 N–H and O–H groups in total. The van der Waals surface area contributed by atoms with Crippen molar-refractivity contribution in [1.82, 2.24) is 5.32 Å². The predicted octanol–water partition coefficient (Wildman–Crippen LogP) is 4.48. The molecule has 0 aliphatic carbocycles. The summed E-state index contributed by atoms with van der Waals surface area (Å²) < 4.78 is 6.88. The van der Waals surface area contributed by atoms with E-state index in [4.69, 9.17) is 16.3 Å². The Morgan fingerprint density at radius 2 is 2.00 bits per heavy atom. The van der Waals surface area contributed by atoms with Gasteiger partial charge in [-0.25, -0.2) is 0 Å². The maximum Gasteiger partial charge on any atom is 0.118 e. The van der Waals surface area contributed by atoms with E-state index in [0.29, 0.717) is 0 Å². The summed E-state index contributed by atoms with van der Waals surface area (Å²) in [4.78, 5) is 1.18. The van der Waals surface area contributed by atoms with E-state index < -0.39 is 0 Å². The molecule has 0 amide bonds. The van der Waals surface area contributed by atoms with Crippen molar-refractivity contribution in [3.05, 3.63) is 49.6 Å². The van der Waals surface area contributed by atoms with Gasteiger partial charge in [-0.15, -0.1) is 11.3 Å². The van der Waals surface area contributed by atoms with E-state index in [2.05, 4.69) is 39.4 Å². The highest BCUT2D eigenvalue weighted by molar-refractivity contribution is 9.10. The lowest BCUT2D eigenvalue weighted by atomic mass is 10.1. The van der Waals surface area contributed by atoms with Gasteiger partial charge in [-0.3, -0.25) is 0 Å². The molecule has 18 heavy (non-hydrogen) atoms. The molecule has 0 aliphatic rings. The molecule has 0 saturated carbocycles. The summed E-state index contributed by atoms with van der Waals surface area (Å²) in [7, 11) is 3.61. The highest BCUT2D eigenvalue weighted by Gasteiger charge is 2.16. The van der Waals surface area contributed by atoms with Gasteiger partial charge in [0.05, 0.1) is 13.2 Å². The fourth-order valence-electron chi connectivity index (χ4n) is 1.78. The Balaban J connectivity index is 2.32. The minimum atomic E-state index is 0.143. The molecule has 0 saturated heterocycles. The van der Waals surface area contributed by atoms with Gasteiger partial charge >= 0.3 is 0 Å². The lowest BCUT2D eigenvalue weighted by Crippen LogP contribution is -2.16. The van der Waals surface area contributed by atoms with Crippen LogP contribution < -0.4 is 10.1 Å². The molecule has 1 heterocycles. The van der Waals surface area contributed by atoms with Crippen molar-refractivity contribution in [2.75, 3.05) is 14.2 Å². The minimum Gasteiger partial charge on any atom is -0.497 e. The zero-order chi connectivity index (χ0) is 13.1. The number of thiophene rings is 1. The summed E-state index contributed by atoms with van der Waals surface area (Å²) in [6, 6.07) is 10.2. The number of ether oxygens (including phenoxy) is 1. The number of nitrogens with one attached hydrogen (secondary N) is 1. The van der Waals surface area contributed by atoms with Crippen molar-refractivity contribution < 1.29 is 4.74 Å². The molecule has 96 valence electrons. The first kappa shape index (κ1) is 13.9. The molecule has 2 aromatic rings. The van der Waals surface area contributed by atoms with Crippen LogP contribution >= 0.6 is 38.9 Å². The lowest BCUT2D eigenvalue weighted by Gasteiger charge is -2.15. The summed E-state index contributed by atoms with van der Waals surface area (Å²) >= 11 is 11.1. The summed E-state index contributed by atoms with van der Waals surface area (Å²) in [5, 5.41) is 3.30. The molecule has 5 heteroatoms. The number of hydrogen-bond donors (Lipinski definition) is 1. The monoisotopic (exact) mass is 345 g/mol. The molecule has 2 nitrogen and oxygen atoms in total. The normalized spacial score (nSPS) is 12.4. The van der Waals surface area contributed by atoms with E-state index in [0.717, 1.165) is 14.6 Å². The maximum absolute atomic E-state index is 6.09. The van der Waals surface area contributed by atoms with Gasteiger partial charge in [0.15, 0.2) is 0 Å². The lowest BCUT2D eigenvalue weighted by molar-refractivity contribution is 0.414. The molecule has 0 radical (unpaired) electrons. The smallest absolute Gasteiger partial charge is 0.118 e. The largest absolute Gasteiger partial charge is 0.497 e. The van der Waals surface area contributed by atoms with Crippen LogP contribution in [-0.4, -0.2) is 14.2 Å². The number of methoxy groups -OCH3 is 1. The molecule has 1 aromatic carbocycles. The van der Waals surface area contributed by atoms with Crippen LogP contribution in [0.1, 0.15) is 16.5 Å². The van der Waals surface area contributed by atoms with Crippen molar-refractivity contribution in [1.29, 1.82) is 0 Å². The quantitative estimate of drug-likeness (QED) is 0.881. The third kappa shape index (κ3) is 2.88. The molecule has 0 spiro atoms. The van der Waals surface area contributed by atoms with E-state index in [9.17, 15) is 0 Å². The molecule has 1 atom stereocenters. The van der Waals surface area contributed by atoms with Crippen LogP contribution in [0.3, 0.4) is 0 Å². The zero-order valence-corrected chi connectivity index (χ0v) is 13.2. The predicted molar refractivity (Wildman–Crippen MR) is 80.9 cm³/mol. The Bertz CT molecular complexity index is 507. The van der Waals surface area contributed by atoms with Gasteiger partial charge in [0, 0.05) is 9.35 Å². The Labute approximate surface area is 124 Å². The molecule has 0 bridgehead atoms. The Morgan fingerprint density at radius 1 is 1.33 bits per heavy atom. The second kappa shape index (κ2) is 6.06. The highest BCUT2D eigenvalue weighted by atomic mass is 79.9. The van der Waals surface area contributed by atoms with E-state index in [1.54, 1.807) is 18.4 Å². The van der Waals surface area contributed by atoms with E-state index in [1.165, 1.54) is 10.4 Å². The number of benzene rings is 1. The third-order valence-electron chi connectivity index (χ3n) is 2.69. The molecule has 0 aliphatic heterocycles. The van der Waals surface area contributed by atoms with Crippen LogP contribution in [-0.2, 0) is 0 Å². The molecule has 1 aromatic heterocycles. The maximum atomic E-state index is 6.09. The molecule has 0 fully saturated rings. The van der Waals surface area contributed by atoms with Gasteiger partial charge < -0.3 is 10.1 Å². The fourth-order valence-corrected chi connectivity index (χ4v) is 3.65. The molecule has 1 unspecified atom stereocenters. The summed E-state index contributed by atoms with van der Waals surface area (Å²) in [6.45, 7) is 0. The van der Waals surface area contributed by atoms with E-state index >= 15 is 0 Å². The second-order valence-corrected chi connectivity index (χ2v) is 6.31. The van der Waals surface area contributed by atoms with Gasteiger partial charge in [0.2, 0.25) is 0 Å². The first-order chi connectivity index (χ1) is 8.65. The number of rotatable bonds is 4. The number of hydrogen-bond acceptors (Lipinski definition) is 3. The first-order valence-corrected chi connectivity index (χ1v) is 7.40. The van der Waals surface area contributed by atoms with Gasteiger partial charge in [0.25, 0.3) is 0 Å². The van der Waals surface area contributed by atoms with Crippen LogP contribution in [0.15, 0.2) is 34.8 Å². The third-order valence-corrected chi connectivity index (χ3v) is 5.23. The minimum absolute atomic E-state index is 0.143. The van der Waals surface area contributed by atoms with Crippen LogP contribution in [0.4, 0.5) is 0 Å². The average Bonchev–Trinajstić information content (AvgIpc) is 2.71. The molecular formula is C13H13BrClNOS. The molecular weight excluding hydrogens is 334 g/mol. The Hall–Kier alpha value is -0.550. The van der Waals surface area contributed by atoms with Crippen LogP contribution in [0.25, 0.3) is 0 Å². The van der Waals surface area contributed by atoms with Gasteiger partial charge in [-0.2, -0.15) is 0 Å². The van der Waals surface area contributed by atoms with Crippen molar-refractivity contribution in [2.24, 2.45) is 0 Å². The van der Waals surface area contributed by atoms with Gasteiger partial charge in [0.1, 0.15) is 10.1 Å².